The lowest BCUT2D eigenvalue weighted by Gasteiger charge is -2.13. The monoisotopic (exact) mass is 418 g/mol. The Kier molecular flexibility index (Phi) is 7.77. The molecule has 5 nitrogen and oxygen atoms in total. The number of carbonyl (C=O) groups excluding carboxylic acids is 2. The molecule has 1 fully saturated rings. The van der Waals surface area contributed by atoms with Gasteiger partial charge in [0.15, 0.2) is 0 Å². The molecule has 2 N–H and O–H groups in total. The van der Waals surface area contributed by atoms with Crippen molar-refractivity contribution in [3.63, 3.8) is 0 Å². The summed E-state index contributed by atoms with van der Waals surface area (Å²) in [4.78, 5) is 25.6. The summed E-state index contributed by atoms with van der Waals surface area (Å²) in [6.07, 6.45) is 2.45. The van der Waals surface area contributed by atoms with Crippen molar-refractivity contribution >= 4 is 35.2 Å². The van der Waals surface area contributed by atoms with E-state index in [0.717, 1.165) is 30.1 Å². The van der Waals surface area contributed by atoms with E-state index in [1.165, 1.54) is 0 Å². The number of benzene rings is 2. The van der Waals surface area contributed by atoms with E-state index in [9.17, 15) is 9.59 Å². The van der Waals surface area contributed by atoms with Gasteiger partial charge in [0.25, 0.3) is 11.8 Å². The summed E-state index contributed by atoms with van der Waals surface area (Å²) in [7, 11) is 0. The average molecular weight is 419 g/mol. The Labute approximate surface area is 174 Å². The van der Waals surface area contributed by atoms with Crippen molar-refractivity contribution in [2.24, 2.45) is 0 Å². The molecule has 28 heavy (non-hydrogen) atoms. The van der Waals surface area contributed by atoms with E-state index in [1.807, 2.05) is 24.3 Å². The molecule has 2 amide bonds. The highest BCUT2D eigenvalue weighted by atomic mass is 35.5. The summed E-state index contributed by atoms with van der Waals surface area (Å²) in [6, 6.07) is 14.4. The standard InChI is InChI=1S/C21H23ClN2O3S/c22-18-9-3-1-7-16(18)20(25)23-11-12-24-21(26)17-8-2-4-10-19(17)28-14-15-6-5-13-27-15/h1-4,7-10,15H,5-6,11-14H2,(H,23,25)(H,24,26). The van der Waals surface area contributed by atoms with E-state index in [1.54, 1.807) is 36.0 Å². The van der Waals surface area contributed by atoms with Crippen molar-refractivity contribution in [2.45, 2.75) is 23.8 Å². The third kappa shape index (κ3) is 5.74. The van der Waals surface area contributed by atoms with Gasteiger partial charge in [-0.2, -0.15) is 0 Å². The highest BCUT2D eigenvalue weighted by Gasteiger charge is 2.18. The number of hydrogen-bond donors (Lipinski definition) is 2. The maximum absolute atomic E-state index is 12.5. The molecule has 2 aromatic carbocycles. The first-order valence-electron chi connectivity index (χ1n) is 9.29. The van der Waals surface area contributed by atoms with Crippen LogP contribution in [0.25, 0.3) is 0 Å². The highest BCUT2D eigenvalue weighted by Crippen LogP contribution is 2.26. The lowest BCUT2D eigenvalue weighted by molar-refractivity contribution is 0.0926. The van der Waals surface area contributed by atoms with Crippen LogP contribution >= 0.6 is 23.4 Å². The molecular weight excluding hydrogens is 396 g/mol. The van der Waals surface area contributed by atoms with Crippen molar-refractivity contribution in [3.8, 4) is 0 Å². The molecule has 148 valence electrons. The third-order valence-electron chi connectivity index (χ3n) is 4.40. The van der Waals surface area contributed by atoms with E-state index >= 15 is 0 Å². The molecule has 0 aromatic heterocycles. The highest BCUT2D eigenvalue weighted by molar-refractivity contribution is 7.99. The van der Waals surface area contributed by atoms with E-state index in [2.05, 4.69) is 10.6 Å². The Hall–Kier alpha value is -2.02. The summed E-state index contributed by atoms with van der Waals surface area (Å²) in [5, 5.41) is 6.03. The van der Waals surface area contributed by atoms with Crippen LogP contribution in [0.3, 0.4) is 0 Å². The number of rotatable bonds is 8. The van der Waals surface area contributed by atoms with Crippen LogP contribution < -0.4 is 10.6 Å². The predicted molar refractivity (Wildman–Crippen MR) is 112 cm³/mol. The van der Waals surface area contributed by atoms with Crippen LogP contribution in [0.5, 0.6) is 0 Å². The van der Waals surface area contributed by atoms with Gasteiger partial charge in [-0.15, -0.1) is 11.8 Å². The summed E-state index contributed by atoms with van der Waals surface area (Å²) in [5.74, 6) is 0.438. The molecule has 1 aliphatic heterocycles. The minimum atomic E-state index is -0.257. The lowest BCUT2D eigenvalue weighted by atomic mass is 10.2. The molecule has 1 saturated heterocycles. The molecule has 0 saturated carbocycles. The molecule has 1 atom stereocenters. The van der Waals surface area contributed by atoms with E-state index in [-0.39, 0.29) is 17.9 Å². The minimum absolute atomic E-state index is 0.151. The third-order valence-corrected chi connectivity index (χ3v) is 5.93. The molecule has 3 rings (SSSR count). The zero-order valence-corrected chi connectivity index (χ0v) is 17.0. The second-order valence-corrected chi connectivity index (χ2v) is 7.90. The van der Waals surface area contributed by atoms with Crippen LogP contribution in [-0.2, 0) is 4.74 Å². The minimum Gasteiger partial charge on any atom is -0.377 e. The summed E-state index contributed by atoms with van der Waals surface area (Å²) in [6.45, 7) is 1.48. The maximum atomic E-state index is 12.5. The van der Waals surface area contributed by atoms with Gasteiger partial charge >= 0.3 is 0 Å². The average Bonchev–Trinajstić information content (AvgIpc) is 3.23. The molecule has 1 heterocycles. The topological polar surface area (TPSA) is 67.4 Å². The van der Waals surface area contributed by atoms with Crippen LogP contribution in [0.15, 0.2) is 53.4 Å². The Bertz CT molecular complexity index is 825. The SMILES string of the molecule is O=C(NCCNC(=O)c1ccccc1SCC1CCCO1)c1ccccc1Cl. The predicted octanol–water partition coefficient (Wildman–Crippen LogP) is 3.77. The zero-order valence-electron chi connectivity index (χ0n) is 15.4. The van der Waals surface area contributed by atoms with Crippen LogP contribution in [0, 0.1) is 0 Å². The van der Waals surface area contributed by atoms with Gasteiger partial charge < -0.3 is 15.4 Å². The normalized spacial score (nSPS) is 16.0. The first-order chi connectivity index (χ1) is 13.6. The summed E-state index contributed by atoms with van der Waals surface area (Å²) < 4.78 is 5.65. The van der Waals surface area contributed by atoms with Crippen LogP contribution in [0.4, 0.5) is 0 Å². The number of carbonyl (C=O) groups is 2. The quantitative estimate of drug-likeness (QED) is 0.505. The fraction of sp³-hybridized carbons (Fsp3) is 0.333. The van der Waals surface area contributed by atoms with Crippen LogP contribution in [0.1, 0.15) is 33.6 Å². The van der Waals surface area contributed by atoms with Gasteiger partial charge in [-0.3, -0.25) is 9.59 Å². The molecule has 2 aromatic rings. The number of hydrogen-bond acceptors (Lipinski definition) is 4. The van der Waals surface area contributed by atoms with Gasteiger partial charge in [-0.1, -0.05) is 35.9 Å². The first-order valence-corrected chi connectivity index (χ1v) is 10.7. The van der Waals surface area contributed by atoms with Gasteiger partial charge in [0.2, 0.25) is 0 Å². The van der Waals surface area contributed by atoms with E-state index in [0.29, 0.717) is 29.2 Å². The molecule has 0 radical (unpaired) electrons. The van der Waals surface area contributed by atoms with Gasteiger partial charge in [-0.05, 0) is 37.1 Å². The Balaban J connectivity index is 1.47. The maximum Gasteiger partial charge on any atom is 0.252 e. The van der Waals surface area contributed by atoms with Crippen LogP contribution in [0.2, 0.25) is 5.02 Å². The molecule has 1 unspecified atom stereocenters. The van der Waals surface area contributed by atoms with Crippen molar-refractivity contribution in [1.29, 1.82) is 0 Å². The van der Waals surface area contributed by atoms with Crippen molar-refractivity contribution in [1.82, 2.24) is 10.6 Å². The Morgan fingerprint density at radius 3 is 2.32 bits per heavy atom. The molecule has 0 aliphatic carbocycles. The number of halogens is 1. The molecule has 7 heteroatoms. The second-order valence-electron chi connectivity index (χ2n) is 6.43. The first kappa shape index (κ1) is 20.7. The Morgan fingerprint density at radius 2 is 1.64 bits per heavy atom. The van der Waals surface area contributed by atoms with Crippen molar-refractivity contribution < 1.29 is 14.3 Å². The smallest absolute Gasteiger partial charge is 0.252 e. The summed E-state index contributed by atoms with van der Waals surface area (Å²) >= 11 is 7.66. The molecule has 0 spiro atoms. The van der Waals surface area contributed by atoms with Crippen molar-refractivity contribution in [3.05, 3.63) is 64.7 Å². The molecule has 0 bridgehead atoms. The van der Waals surface area contributed by atoms with E-state index < -0.39 is 0 Å². The summed E-state index contributed by atoms with van der Waals surface area (Å²) in [5.41, 5.74) is 1.06. The van der Waals surface area contributed by atoms with Gasteiger partial charge in [0.1, 0.15) is 0 Å². The number of amides is 2. The number of ether oxygens (including phenoxy) is 1. The fourth-order valence-electron chi connectivity index (χ4n) is 2.93. The molecule has 1 aliphatic rings. The number of nitrogens with one attached hydrogen (secondary N) is 2. The lowest BCUT2D eigenvalue weighted by Crippen LogP contribution is -2.35. The Morgan fingerprint density at radius 1 is 1.00 bits per heavy atom. The van der Waals surface area contributed by atoms with Gasteiger partial charge in [0, 0.05) is 30.3 Å². The fourth-order valence-corrected chi connectivity index (χ4v) is 4.27. The second kappa shape index (κ2) is 10.5. The zero-order chi connectivity index (χ0) is 19.8. The van der Waals surface area contributed by atoms with Crippen LogP contribution in [-0.4, -0.2) is 43.4 Å². The van der Waals surface area contributed by atoms with Gasteiger partial charge in [0.05, 0.1) is 22.3 Å². The molecular formula is C21H23ClN2O3S. The van der Waals surface area contributed by atoms with Crippen molar-refractivity contribution in [2.75, 3.05) is 25.4 Å². The van der Waals surface area contributed by atoms with E-state index in [4.69, 9.17) is 16.3 Å². The van der Waals surface area contributed by atoms with Gasteiger partial charge in [-0.25, -0.2) is 0 Å². The number of thioether (sulfide) groups is 1. The largest absolute Gasteiger partial charge is 0.377 e.